The second kappa shape index (κ2) is 8.20. The van der Waals surface area contributed by atoms with Gasteiger partial charge < -0.3 is 15.1 Å². The van der Waals surface area contributed by atoms with Gasteiger partial charge in [-0.3, -0.25) is 9.59 Å². The third kappa shape index (κ3) is 4.45. The number of anilines is 2. The number of amides is 2. The van der Waals surface area contributed by atoms with E-state index in [9.17, 15) is 9.59 Å². The molecular weight excluding hydrogens is 340 g/mol. The Morgan fingerprint density at radius 3 is 2.33 bits per heavy atom. The summed E-state index contributed by atoms with van der Waals surface area (Å²) in [5.41, 5.74) is 2.03. The molecule has 3 rings (SSSR count). The largest absolute Gasteiger partial charge is 0.353 e. The quantitative estimate of drug-likeness (QED) is 0.904. The highest BCUT2D eigenvalue weighted by Crippen LogP contribution is 2.23. The number of nitrogens with one attached hydrogen (secondary N) is 1. The Bertz CT molecular complexity index is 814. The highest BCUT2D eigenvalue weighted by molar-refractivity contribution is 5.95. The Labute approximate surface area is 160 Å². The van der Waals surface area contributed by atoms with Crippen LogP contribution in [0.4, 0.5) is 11.6 Å². The summed E-state index contributed by atoms with van der Waals surface area (Å²) in [6, 6.07) is 13.5. The molecular formula is C21H26N4O2. The predicted molar refractivity (Wildman–Crippen MR) is 107 cm³/mol. The van der Waals surface area contributed by atoms with Gasteiger partial charge in [0.25, 0.3) is 0 Å². The van der Waals surface area contributed by atoms with Crippen LogP contribution in [-0.2, 0) is 9.59 Å². The van der Waals surface area contributed by atoms with Crippen molar-refractivity contribution in [2.75, 3.05) is 36.4 Å². The molecule has 0 saturated carbocycles. The summed E-state index contributed by atoms with van der Waals surface area (Å²) < 4.78 is 0. The smallest absolute Gasteiger partial charge is 0.232 e. The van der Waals surface area contributed by atoms with Crippen LogP contribution in [0.25, 0.3) is 0 Å². The zero-order valence-electron chi connectivity index (χ0n) is 16.1. The van der Waals surface area contributed by atoms with Gasteiger partial charge in [-0.05, 0) is 31.0 Å². The number of aromatic nitrogens is 1. The maximum Gasteiger partial charge on any atom is 0.232 e. The summed E-state index contributed by atoms with van der Waals surface area (Å²) in [5, 5.41) is 2.93. The fourth-order valence-electron chi connectivity index (χ4n) is 3.27. The lowest BCUT2D eigenvalue weighted by atomic mass is 10.0. The maximum absolute atomic E-state index is 12.6. The van der Waals surface area contributed by atoms with Crippen LogP contribution in [0, 0.1) is 6.92 Å². The normalized spacial score (nSPS) is 15.4. The van der Waals surface area contributed by atoms with E-state index in [0.29, 0.717) is 18.9 Å². The van der Waals surface area contributed by atoms with Crippen LogP contribution >= 0.6 is 0 Å². The monoisotopic (exact) mass is 366 g/mol. The molecule has 0 radical (unpaired) electrons. The van der Waals surface area contributed by atoms with Crippen LogP contribution in [0.1, 0.15) is 30.9 Å². The van der Waals surface area contributed by atoms with Crippen molar-refractivity contribution in [3.63, 3.8) is 0 Å². The molecule has 6 heteroatoms. The zero-order chi connectivity index (χ0) is 19.4. The number of nitrogens with zero attached hydrogens (tertiary/aromatic N) is 3. The number of pyridine rings is 1. The van der Waals surface area contributed by atoms with Crippen LogP contribution in [0.15, 0.2) is 42.5 Å². The van der Waals surface area contributed by atoms with Gasteiger partial charge in [0.1, 0.15) is 11.6 Å². The number of piperazine rings is 1. The molecule has 6 nitrogen and oxygen atoms in total. The van der Waals surface area contributed by atoms with Gasteiger partial charge in [-0.25, -0.2) is 4.98 Å². The van der Waals surface area contributed by atoms with E-state index < -0.39 is 0 Å². The van der Waals surface area contributed by atoms with E-state index in [1.54, 1.807) is 6.92 Å². The van der Waals surface area contributed by atoms with Crippen LogP contribution < -0.4 is 10.2 Å². The summed E-state index contributed by atoms with van der Waals surface area (Å²) in [4.78, 5) is 32.8. The fraction of sp³-hybridized carbons (Fsp3) is 0.381. The minimum absolute atomic E-state index is 0.0788. The molecule has 2 heterocycles. The third-order valence-corrected chi connectivity index (χ3v) is 5.04. The van der Waals surface area contributed by atoms with E-state index in [4.69, 9.17) is 0 Å². The lowest BCUT2D eigenvalue weighted by Gasteiger charge is -2.35. The molecule has 0 aliphatic carbocycles. The minimum atomic E-state index is -0.253. The topological polar surface area (TPSA) is 65.5 Å². The van der Waals surface area contributed by atoms with Crippen LogP contribution in [0.5, 0.6) is 0 Å². The van der Waals surface area contributed by atoms with Gasteiger partial charge >= 0.3 is 0 Å². The first-order valence-electron chi connectivity index (χ1n) is 9.29. The predicted octanol–water partition coefficient (Wildman–Crippen LogP) is 2.80. The summed E-state index contributed by atoms with van der Waals surface area (Å²) >= 11 is 0. The number of hydrogen-bond donors (Lipinski definition) is 1. The van der Waals surface area contributed by atoms with E-state index in [1.165, 1.54) is 0 Å². The number of carbonyl (C=O) groups is 2. The molecule has 1 saturated heterocycles. The van der Waals surface area contributed by atoms with E-state index in [0.717, 1.165) is 30.0 Å². The Morgan fingerprint density at radius 1 is 1.04 bits per heavy atom. The van der Waals surface area contributed by atoms with Crippen molar-refractivity contribution in [1.29, 1.82) is 0 Å². The van der Waals surface area contributed by atoms with Gasteiger partial charge in [-0.2, -0.15) is 0 Å². The summed E-state index contributed by atoms with van der Waals surface area (Å²) in [7, 11) is 0. The molecule has 1 aromatic carbocycles. The SMILES string of the molecule is CC(=O)N1CCN(c2nc(NC(=O)[C@H](C)c3ccccc3)ccc2C)CC1. The van der Waals surface area contributed by atoms with E-state index in [1.807, 2.05) is 61.2 Å². The number of carbonyl (C=O) groups excluding carboxylic acids is 2. The minimum Gasteiger partial charge on any atom is -0.353 e. The average Bonchev–Trinajstić information content (AvgIpc) is 2.69. The number of benzene rings is 1. The highest BCUT2D eigenvalue weighted by atomic mass is 16.2. The fourth-order valence-corrected chi connectivity index (χ4v) is 3.27. The molecule has 1 aliphatic rings. The van der Waals surface area contributed by atoms with Crippen LogP contribution in [0.3, 0.4) is 0 Å². The van der Waals surface area contributed by atoms with E-state index >= 15 is 0 Å². The van der Waals surface area contributed by atoms with Crippen LogP contribution in [-0.4, -0.2) is 47.9 Å². The average molecular weight is 366 g/mol. The van der Waals surface area contributed by atoms with Gasteiger partial charge in [0.05, 0.1) is 5.92 Å². The zero-order valence-corrected chi connectivity index (χ0v) is 16.1. The Balaban J connectivity index is 1.70. The van der Waals surface area contributed by atoms with Crippen molar-refractivity contribution < 1.29 is 9.59 Å². The molecule has 0 bridgehead atoms. The lowest BCUT2D eigenvalue weighted by Crippen LogP contribution is -2.48. The summed E-state index contributed by atoms with van der Waals surface area (Å²) in [5.74, 6) is 1.19. The summed E-state index contributed by atoms with van der Waals surface area (Å²) in [6.07, 6.45) is 0. The first-order valence-corrected chi connectivity index (χ1v) is 9.29. The standard InChI is InChI=1S/C21H26N4O2/c1-15-9-10-19(23-21(27)16(2)18-7-5-4-6-8-18)22-20(15)25-13-11-24(12-14-25)17(3)26/h4-10,16H,11-14H2,1-3H3,(H,22,23,27)/t16-/m1/s1. The Hall–Kier alpha value is -2.89. The molecule has 2 amide bonds. The molecule has 1 fully saturated rings. The molecule has 27 heavy (non-hydrogen) atoms. The van der Waals surface area contributed by atoms with Crippen molar-refractivity contribution in [3.8, 4) is 0 Å². The van der Waals surface area contributed by atoms with Crippen molar-refractivity contribution >= 4 is 23.5 Å². The molecule has 1 aromatic heterocycles. The molecule has 1 N–H and O–H groups in total. The maximum atomic E-state index is 12.6. The number of aryl methyl sites for hydroxylation is 1. The second-order valence-corrected chi connectivity index (χ2v) is 6.95. The van der Waals surface area contributed by atoms with Gasteiger partial charge in [-0.15, -0.1) is 0 Å². The second-order valence-electron chi connectivity index (χ2n) is 6.95. The highest BCUT2D eigenvalue weighted by Gasteiger charge is 2.22. The lowest BCUT2D eigenvalue weighted by molar-refractivity contribution is -0.129. The first-order chi connectivity index (χ1) is 13.0. The molecule has 0 unspecified atom stereocenters. The first kappa shape index (κ1) is 18.9. The molecule has 1 atom stereocenters. The van der Waals surface area contributed by atoms with Crippen molar-refractivity contribution in [2.45, 2.75) is 26.7 Å². The third-order valence-electron chi connectivity index (χ3n) is 5.04. The Morgan fingerprint density at radius 2 is 1.70 bits per heavy atom. The van der Waals surface area contributed by atoms with Gasteiger partial charge in [0.15, 0.2) is 0 Å². The van der Waals surface area contributed by atoms with Gasteiger partial charge in [0.2, 0.25) is 11.8 Å². The number of hydrogen-bond acceptors (Lipinski definition) is 4. The van der Waals surface area contributed by atoms with Gasteiger partial charge in [0, 0.05) is 33.1 Å². The molecule has 142 valence electrons. The molecule has 1 aliphatic heterocycles. The van der Waals surface area contributed by atoms with E-state index in [2.05, 4.69) is 15.2 Å². The molecule has 0 spiro atoms. The molecule has 2 aromatic rings. The summed E-state index contributed by atoms with van der Waals surface area (Å²) in [6.45, 7) is 8.37. The van der Waals surface area contributed by atoms with Crippen molar-refractivity contribution in [1.82, 2.24) is 9.88 Å². The van der Waals surface area contributed by atoms with Gasteiger partial charge in [-0.1, -0.05) is 36.4 Å². The van der Waals surface area contributed by atoms with Crippen molar-refractivity contribution in [3.05, 3.63) is 53.6 Å². The van der Waals surface area contributed by atoms with E-state index in [-0.39, 0.29) is 17.7 Å². The Kier molecular flexibility index (Phi) is 5.74. The van der Waals surface area contributed by atoms with Crippen LogP contribution in [0.2, 0.25) is 0 Å². The number of rotatable bonds is 4. The van der Waals surface area contributed by atoms with Crippen molar-refractivity contribution in [2.24, 2.45) is 0 Å².